The van der Waals surface area contributed by atoms with E-state index in [0.29, 0.717) is 32.5 Å². The van der Waals surface area contributed by atoms with Crippen LogP contribution in [0.2, 0.25) is 0 Å². The van der Waals surface area contributed by atoms with Gasteiger partial charge in [0.1, 0.15) is 23.7 Å². The van der Waals surface area contributed by atoms with Crippen LogP contribution in [0, 0.1) is 11.3 Å². The molecule has 15 heteroatoms. The van der Waals surface area contributed by atoms with Gasteiger partial charge < -0.3 is 25.2 Å². The third-order valence-electron chi connectivity index (χ3n) is 11.6. The molecule has 7 rings (SSSR count). The summed E-state index contributed by atoms with van der Waals surface area (Å²) in [6.45, 7) is 10.4. The molecule has 53 heavy (non-hydrogen) atoms. The van der Waals surface area contributed by atoms with Gasteiger partial charge >= 0.3 is 12.1 Å². The number of ether oxygens (including phenoxy) is 1. The number of fused-ring (bicyclic) bond motifs is 4. The quantitative estimate of drug-likeness (QED) is 0.372. The molecular formula is C38H50N6O8S. The number of benzene rings is 1. The standard InChI is InChI=1S/C38H50N6O8S/c1-5-25-19-38(25,34(47)41-53(50,51)28-15-16-28)40-32(45)30-18-27-21-44(30)33(46)31(37(2,3)4)39-35(48)43-17-9-14-26(43)13-7-6-10-23-11-8-12-24-20-42(22-29(23)24)36(49)52-27/h5-6,8,10-12,25-28,30-31H,1,7,9,13-22H2,2-4H3,(H,39,48)(H,40,45)(H,41,47)/b10-6-/t25-,26+,27-,30+,31-,38-/m1/s1. The lowest BCUT2D eigenvalue weighted by Gasteiger charge is -2.37. The maximum absolute atomic E-state index is 14.6. The number of rotatable bonds is 6. The van der Waals surface area contributed by atoms with E-state index in [9.17, 15) is 32.4 Å². The second-order valence-electron chi connectivity index (χ2n) is 16.5. The molecule has 0 unspecified atom stereocenters. The SMILES string of the molecule is C=C[C@@H]1C[C@]1(NC(=O)[C@@H]1C[C@@H]2CN1C(=O)[C@H](C(C)(C)C)NC(=O)N1CCC[C@@H]1CC/C=C\c1cccc3c1CN(C3)C(=O)O2)C(=O)NS(=O)(=O)C1CC1. The summed E-state index contributed by atoms with van der Waals surface area (Å²) in [4.78, 5) is 74.7. The molecule has 3 N–H and O–H groups in total. The Kier molecular flexibility index (Phi) is 9.61. The molecule has 6 amide bonds. The predicted molar refractivity (Wildman–Crippen MR) is 195 cm³/mol. The highest BCUT2D eigenvalue weighted by Gasteiger charge is 2.62. The van der Waals surface area contributed by atoms with Crippen LogP contribution in [0.15, 0.2) is 36.9 Å². The van der Waals surface area contributed by atoms with Crippen LogP contribution in [0.3, 0.4) is 0 Å². The molecule has 0 aromatic heterocycles. The van der Waals surface area contributed by atoms with Gasteiger partial charge in [-0.1, -0.05) is 57.2 Å². The molecule has 6 aliphatic rings. The van der Waals surface area contributed by atoms with E-state index < -0.39 is 74.1 Å². The first-order valence-electron chi connectivity index (χ1n) is 18.7. The molecule has 6 atom stereocenters. The van der Waals surface area contributed by atoms with Gasteiger partial charge in [-0.2, -0.15) is 0 Å². The second kappa shape index (κ2) is 13.8. The minimum absolute atomic E-state index is 0.00226. The van der Waals surface area contributed by atoms with Crippen LogP contribution in [0.5, 0.6) is 0 Å². The number of carbonyl (C=O) groups excluding carboxylic acids is 5. The first-order valence-corrected chi connectivity index (χ1v) is 20.3. The number of carbonyl (C=O) groups is 5. The Morgan fingerprint density at radius 2 is 1.85 bits per heavy atom. The lowest BCUT2D eigenvalue weighted by molar-refractivity contribution is -0.142. The Morgan fingerprint density at radius 1 is 1.08 bits per heavy atom. The van der Waals surface area contributed by atoms with E-state index in [0.717, 1.165) is 42.4 Å². The van der Waals surface area contributed by atoms with Crippen molar-refractivity contribution >= 4 is 45.9 Å². The molecule has 14 nitrogen and oxygen atoms in total. The molecule has 2 saturated heterocycles. The summed E-state index contributed by atoms with van der Waals surface area (Å²) in [5.41, 5.74) is 0.715. The van der Waals surface area contributed by atoms with E-state index in [4.69, 9.17) is 4.74 Å². The number of allylic oxidation sites excluding steroid dienone is 1. The Bertz CT molecular complexity index is 1850. The minimum Gasteiger partial charge on any atom is -0.444 e. The number of sulfonamides is 1. The van der Waals surface area contributed by atoms with Gasteiger partial charge in [-0.3, -0.25) is 24.0 Å². The van der Waals surface area contributed by atoms with Crippen LogP contribution >= 0.6 is 0 Å². The second-order valence-corrected chi connectivity index (χ2v) is 18.4. The van der Waals surface area contributed by atoms with Crippen molar-refractivity contribution in [3.63, 3.8) is 0 Å². The van der Waals surface area contributed by atoms with Crippen molar-refractivity contribution in [1.82, 2.24) is 30.1 Å². The number of hydrogen-bond acceptors (Lipinski definition) is 8. The molecule has 286 valence electrons. The molecular weight excluding hydrogens is 701 g/mol. The predicted octanol–water partition coefficient (Wildman–Crippen LogP) is 3.17. The monoisotopic (exact) mass is 750 g/mol. The van der Waals surface area contributed by atoms with Crippen molar-refractivity contribution < 1.29 is 37.1 Å². The summed E-state index contributed by atoms with van der Waals surface area (Å²) >= 11 is 0. The zero-order valence-corrected chi connectivity index (χ0v) is 31.5. The molecule has 2 saturated carbocycles. The zero-order valence-electron chi connectivity index (χ0n) is 30.6. The van der Waals surface area contributed by atoms with Crippen molar-refractivity contribution in [2.75, 3.05) is 13.1 Å². The maximum atomic E-state index is 14.6. The van der Waals surface area contributed by atoms with Crippen molar-refractivity contribution in [2.45, 2.75) is 120 Å². The number of amides is 6. The Labute approximate surface area is 310 Å². The highest BCUT2D eigenvalue weighted by Crippen LogP contribution is 2.45. The van der Waals surface area contributed by atoms with Crippen molar-refractivity contribution in [2.24, 2.45) is 11.3 Å². The Morgan fingerprint density at radius 3 is 2.55 bits per heavy atom. The first-order chi connectivity index (χ1) is 25.1. The fourth-order valence-corrected chi connectivity index (χ4v) is 9.63. The number of nitrogens with one attached hydrogen (secondary N) is 3. The van der Waals surface area contributed by atoms with E-state index in [1.54, 1.807) is 9.80 Å². The largest absolute Gasteiger partial charge is 0.444 e. The summed E-state index contributed by atoms with van der Waals surface area (Å²) < 4.78 is 33.6. The van der Waals surface area contributed by atoms with E-state index in [1.807, 2.05) is 39.0 Å². The summed E-state index contributed by atoms with van der Waals surface area (Å²) in [6, 6.07) is 3.38. The van der Waals surface area contributed by atoms with E-state index in [1.165, 1.54) is 11.0 Å². The maximum Gasteiger partial charge on any atom is 0.410 e. The first kappa shape index (κ1) is 36.9. The van der Waals surface area contributed by atoms with Crippen molar-refractivity contribution in [1.29, 1.82) is 0 Å². The highest BCUT2D eigenvalue weighted by molar-refractivity contribution is 7.91. The van der Waals surface area contributed by atoms with Crippen LogP contribution in [0.1, 0.15) is 88.8 Å². The Hall–Kier alpha value is -4.40. The summed E-state index contributed by atoms with van der Waals surface area (Å²) in [6.07, 6.45) is 8.41. The van der Waals surface area contributed by atoms with Crippen LogP contribution in [0.4, 0.5) is 9.59 Å². The fraction of sp³-hybridized carbons (Fsp3) is 0.605. The van der Waals surface area contributed by atoms with Crippen molar-refractivity contribution in [3.8, 4) is 0 Å². The molecule has 2 aliphatic carbocycles. The summed E-state index contributed by atoms with van der Waals surface area (Å²) in [5, 5.41) is 5.13. The lowest BCUT2D eigenvalue weighted by Crippen LogP contribution is -2.61. The number of urea groups is 1. The zero-order chi connectivity index (χ0) is 37.9. The van der Waals surface area contributed by atoms with Crippen molar-refractivity contribution in [3.05, 3.63) is 53.6 Å². The van der Waals surface area contributed by atoms with Crippen LogP contribution in [0.25, 0.3) is 6.08 Å². The molecule has 0 spiro atoms. The van der Waals surface area contributed by atoms with Gasteiger partial charge in [0.2, 0.25) is 21.8 Å². The smallest absolute Gasteiger partial charge is 0.410 e. The molecule has 0 radical (unpaired) electrons. The fourth-order valence-electron chi connectivity index (χ4n) is 8.27. The summed E-state index contributed by atoms with van der Waals surface area (Å²) in [7, 11) is -3.90. The molecule has 4 fully saturated rings. The van der Waals surface area contributed by atoms with Crippen LogP contribution in [-0.4, -0.2) is 101 Å². The van der Waals surface area contributed by atoms with Crippen LogP contribution < -0.4 is 15.4 Å². The molecule has 4 aliphatic heterocycles. The lowest BCUT2D eigenvalue weighted by atomic mass is 9.85. The molecule has 4 bridgehead atoms. The minimum atomic E-state index is -3.90. The highest BCUT2D eigenvalue weighted by atomic mass is 32.2. The number of hydrogen-bond donors (Lipinski definition) is 3. The number of nitrogens with zero attached hydrogens (tertiary/aromatic N) is 3. The third-order valence-corrected chi connectivity index (χ3v) is 13.4. The van der Waals surface area contributed by atoms with Gasteiger partial charge in [-0.25, -0.2) is 18.0 Å². The molecule has 1 aromatic carbocycles. The molecule has 1 aromatic rings. The normalized spacial score (nSPS) is 31.0. The topological polar surface area (TPSA) is 175 Å². The average molecular weight is 751 g/mol. The van der Waals surface area contributed by atoms with E-state index in [-0.39, 0.29) is 31.5 Å². The van der Waals surface area contributed by atoms with Gasteiger partial charge in [-0.15, -0.1) is 6.58 Å². The van der Waals surface area contributed by atoms with Crippen LogP contribution in [-0.2, 0) is 42.2 Å². The van der Waals surface area contributed by atoms with Gasteiger partial charge in [0.05, 0.1) is 18.3 Å². The van der Waals surface area contributed by atoms with Gasteiger partial charge in [0.15, 0.2) is 0 Å². The third kappa shape index (κ3) is 7.28. The van der Waals surface area contributed by atoms with E-state index in [2.05, 4.69) is 34.1 Å². The molecule has 4 heterocycles. The summed E-state index contributed by atoms with van der Waals surface area (Å²) in [5.74, 6) is -2.59. The Balaban J connectivity index is 1.19. The average Bonchev–Trinajstić information content (AvgIpc) is 3.91. The van der Waals surface area contributed by atoms with Gasteiger partial charge in [-0.05, 0) is 67.1 Å². The van der Waals surface area contributed by atoms with Gasteiger partial charge in [0, 0.05) is 31.5 Å². The van der Waals surface area contributed by atoms with E-state index >= 15 is 0 Å². The van der Waals surface area contributed by atoms with Gasteiger partial charge in [0.25, 0.3) is 5.91 Å².